The van der Waals surface area contributed by atoms with Crippen LogP contribution in [0.4, 0.5) is 10.5 Å². The van der Waals surface area contributed by atoms with E-state index in [1.54, 1.807) is 0 Å². The third-order valence-electron chi connectivity index (χ3n) is 9.78. The number of anilines is 1. The number of hydrogen-bond donors (Lipinski definition) is 1. The summed E-state index contributed by atoms with van der Waals surface area (Å²) in [5, 5.41) is 3.01. The fourth-order valence-corrected chi connectivity index (χ4v) is 7.02. The number of hydrogen-bond acceptors (Lipinski definition) is 4. The summed E-state index contributed by atoms with van der Waals surface area (Å²) in [5.41, 5.74) is 3.92. The second-order valence-electron chi connectivity index (χ2n) is 13.2. The van der Waals surface area contributed by atoms with Gasteiger partial charge in [-0.1, -0.05) is 105 Å². The van der Waals surface area contributed by atoms with E-state index in [9.17, 15) is 4.79 Å². The largest absolute Gasteiger partial charge is 0.443 e. The lowest BCUT2D eigenvalue weighted by atomic mass is 9.93. The fraction of sp³-hybridized carbons (Fsp3) is 0.513. The van der Waals surface area contributed by atoms with Gasteiger partial charge in [0.05, 0.1) is 5.69 Å². The molecular weight excluding hydrogens is 542 g/mol. The average molecular weight is 596 g/mol. The maximum atomic E-state index is 12.9. The summed E-state index contributed by atoms with van der Waals surface area (Å²) in [5.74, 6) is 0. The van der Waals surface area contributed by atoms with Crippen molar-refractivity contribution in [1.82, 2.24) is 9.80 Å². The molecule has 3 aromatic rings. The highest BCUT2D eigenvalue weighted by atomic mass is 16.6. The summed E-state index contributed by atoms with van der Waals surface area (Å²) >= 11 is 0. The van der Waals surface area contributed by atoms with E-state index in [-0.39, 0.29) is 6.09 Å². The number of piperidine rings is 1. The van der Waals surface area contributed by atoms with Crippen molar-refractivity contribution >= 4 is 11.8 Å². The molecule has 236 valence electrons. The minimum absolute atomic E-state index is 0.364. The molecule has 1 amide bonds. The van der Waals surface area contributed by atoms with E-state index in [0.717, 1.165) is 55.3 Å². The lowest BCUT2D eigenvalue weighted by Gasteiger charge is -2.38. The van der Waals surface area contributed by atoms with Crippen LogP contribution < -0.4 is 5.32 Å². The zero-order chi connectivity index (χ0) is 30.5. The molecule has 2 heterocycles. The van der Waals surface area contributed by atoms with Gasteiger partial charge < -0.3 is 14.5 Å². The molecule has 0 aliphatic carbocycles. The zero-order valence-corrected chi connectivity index (χ0v) is 26.9. The summed E-state index contributed by atoms with van der Waals surface area (Å²) in [6, 6.07) is 29.8. The van der Waals surface area contributed by atoms with Crippen LogP contribution >= 0.6 is 0 Å². The van der Waals surface area contributed by atoms with Crippen LogP contribution in [0.15, 0.2) is 84.9 Å². The highest BCUT2D eigenvalue weighted by molar-refractivity contribution is 5.91. The number of unbranched alkanes of at least 4 members (excludes halogenated alkanes) is 5. The summed E-state index contributed by atoms with van der Waals surface area (Å²) < 4.78 is 6.00. The number of rotatable bonds is 15. The normalized spacial score (nSPS) is 18.7. The number of amides is 1. The van der Waals surface area contributed by atoms with E-state index >= 15 is 0 Å². The van der Waals surface area contributed by atoms with Crippen molar-refractivity contribution in [2.45, 2.75) is 95.6 Å². The second kappa shape index (κ2) is 16.8. The zero-order valence-electron chi connectivity index (χ0n) is 26.9. The highest BCUT2D eigenvalue weighted by Crippen LogP contribution is 2.30. The van der Waals surface area contributed by atoms with E-state index in [1.165, 1.54) is 82.9 Å². The molecule has 2 fully saturated rings. The van der Waals surface area contributed by atoms with E-state index in [4.69, 9.17) is 4.74 Å². The van der Waals surface area contributed by atoms with Crippen molar-refractivity contribution in [2.24, 2.45) is 0 Å². The summed E-state index contributed by atoms with van der Waals surface area (Å²) in [6.45, 7) is 7.81. The Morgan fingerprint density at radius 3 is 2.18 bits per heavy atom. The van der Waals surface area contributed by atoms with E-state index in [1.807, 2.05) is 42.5 Å². The van der Waals surface area contributed by atoms with Gasteiger partial charge >= 0.3 is 6.09 Å². The van der Waals surface area contributed by atoms with Gasteiger partial charge in [-0.2, -0.15) is 0 Å². The van der Waals surface area contributed by atoms with Crippen molar-refractivity contribution in [1.29, 1.82) is 0 Å². The molecule has 0 spiro atoms. The van der Waals surface area contributed by atoms with Crippen LogP contribution in [-0.2, 0) is 11.2 Å². The number of aryl methyl sites for hydroxylation is 1. The molecule has 3 aromatic carbocycles. The Labute approximate surface area is 266 Å². The topological polar surface area (TPSA) is 44.8 Å². The van der Waals surface area contributed by atoms with E-state index in [0.29, 0.717) is 0 Å². The molecule has 0 aromatic heterocycles. The number of nitrogens with zero attached hydrogens (tertiary/aromatic N) is 2. The monoisotopic (exact) mass is 595 g/mol. The van der Waals surface area contributed by atoms with Crippen molar-refractivity contribution < 1.29 is 9.53 Å². The van der Waals surface area contributed by atoms with Crippen molar-refractivity contribution in [2.75, 3.05) is 38.0 Å². The number of nitrogens with one attached hydrogen (secondary N) is 1. The van der Waals surface area contributed by atoms with Crippen LogP contribution in [0.3, 0.4) is 0 Å². The summed E-state index contributed by atoms with van der Waals surface area (Å²) in [6.07, 6.45) is 14.7. The van der Waals surface area contributed by atoms with Gasteiger partial charge in [-0.15, -0.1) is 0 Å². The Hall–Kier alpha value is -3.15. The minimum Gasteiger partial charge on any atom is -0.443 e. The Bertz CT molecular complexity index is 1260. The first kappa shape index (κ1) is 32.2. The molecule has 5 nitrogen and oxygen atoms in total. The van der Waals surface area contributed by atoms with Gasteiger partial charge in [0, 0.05) is 24.7 Å². The average Bonchev–Trinajstić information content (AvgIpc) is 3.50. The Balaban J connectivity index is 0.911. The second-order valence-corrected chi connectivity index (χ2v) is 13.2. The fourth-order valence-electron chi connectivity index (χ4n) is 7.02. The van der Waals surface area contributed by atoms with Gasteiger partial charge in [0.1, 0.15) is 5.60 Å². The maximum absolute atomic E-state index is 12.9. The van der Waals surface area contributed by atoms with E-state index in [2.05, 4.69) is 64.5 Å². The van der Waals surface area contributed by atoms with Gasteiger partial charge in [-0.25, -0.2) is 4.79 Å². The first-order valence-corrected chi connectivity index (χ1v) is 17.2. The quantitative estimate of drug-likeness (QED) is 0.178. The first-order chi connectivity index (χ1) is 21.6. The number of likely N-dealkylation sites (tertiary alicyclic amines) is 2. The molecule has 0 bridgehead atoms. The van der Waals surface area contributed by atoms with Crippen LogP contribution in [0, 0.1) is 0 Å². The number of ether oxygens (including phenoxy) is 1. The maximum Gasteiger partial charge on any atom is 0.412 e. The molecule has 1 atom stereocenters. The van der Waals surface area contributed by atoms with Crippen LogP contribution in [-0.4, -0.2) is 60.3 Å². The van der Waals surface area contributed by atoms with Gasteiger partial charge in [0.2, 0.25) is 0 Å². The van der Waals surface area contributed by atoms with Crippen molar-refractivity contribution in [3.05, 3.63) is 90.5 Å². The number of carbonyl (C=O) groups excluding carboxylic acids is 1. The van der Waals surface area contributed by atoms with Gasteiger partial charge in [-0.3, -0.25) is 5.32 Å². The van der Waals surface area contributed by atoms with Gasteiger partial charge in [-0.05, 0) is 95.1 Å². The highest BCUT2D eigenvalue weighted by Gasteiger charge is 2.33. The predicted octanol–water partition coefficient (Wildman–Crippen LogP) is 9.19. The van der Waals surface area contributed by atoms with Crippen molar-refractivity contribution in [3.8, 4) is 11.1 Å². The standard InChI is InChI=1S/C39H53N3O2/c1-39(44-38(43)40-37-23-13-12-22-36(37)34-19-10-7-11-20-34)26-31-41(32-27-39)28-14-4-2-3-5-15-29-42-30-16-21-35(42)25-24-33-17-8-6-9-18-33/h6-13,17-20,22-23,35H,2-5,14-16,21,24-32H2,1H3,(H,40,43). The lowest BCUT2D eigenvalue weighted by molar-refractivity contribution is -0.0163. The molecule has 1 unspecified atom stereocenters. The predicted molar refractivity (Wildman–Crippen MR) is 183 cm³/mol. The summed E-state index contributed by atoms with van der Waals surface area (Å²) in [4.78, 5) is 18.2. The van der Waals surface area contributed by atoms with Gasteiger partial charge in [0.15, 0.2) is 0 Å². The third-order valence-corrected chi connectivity index (χ3v) is 9.78. The van der Waals surface area contributed by atoms with Crippen molar-refractivity contribution in [3.63, 3.8) is 0 Å². The van der Waals surface area contributed by atoms with E-state index < -0.39 is 5.60 Å². The first-order valence-electron chi connectivity index (χ1n) is 17.2. The Morgan fingerprint density at radius 1 is 0.795 bits per heavy atom. The smallest absolute Gasteiger partial charge is 0.412 e. The number of para-hydroxylation sites is 1. The molecule has 2 aliphatic heterocycles. The number of carbonyl (C=O) groups is 1. The Kier molecular flexibility index (Phi) is 12.3. The molecule has 5 heteroatoms. The SMILES string of the molecule is CC1(OC(=O)Nc2ccccc2-c2ccccc2)CCN(CCCCCCCCN2CCCC2CCc2ccccc2)CC1. The van der Waals surface area contributed by atoms with Crippen LogP contribution in [0.5, 0.6) is 0 Å². The summed E-state index contributed by atoms with van der Waals surface area (Å²) in [7, 11) is 0. The molecular formula is C39H53N3O2. The molecule has 5 rings (SSSR count). The lowest BCUT2D eigenvalue weighted by Crippen LogP contribution is -2.46. The Morgan fingerprint density at radius 2 is 1.43 bits per heavy atom. The molecule has 44 heavy (non-hydrogen) atoms. The van der Waals surface area contributed by atoms with Crippen LogP contribution in [0.25, 0.3) is 11.1 Å². The molecule has 1 N–H and O–H groups in total. The molecule has 2 saturated heterocycles. The molecule has 0 radical (unpaired) electrons. The number of benzene rings is 3. The molecule has 0 saturated carbocycles. The third kappa shape index (κ3) is 9.93. The molecule has 2 aliphatic rings. The van der Waals surface area contributed by atoms with Crippen LogP contribution in [0.2, 0.25) is 0 Å². The van der Waals surface area contributed by atoms with Gasteiger partial charge in [0.25, 0.3) is 0 Å². The minimum atomic E-state index is -0.418. The van der Waals surface area contributed by atoms with Crippen LogP contribution in [0.1, 0.15) is 83.1 Å².